The number of alkyl halides is 3. The molecular weight excluding hydrogens is 181 g/mol. The van der Waals surface area contributed by atoms with Gasteiger partial charge in [0, 0.05) is 18.0 Å². The number of aromatic nitrogens is 1. The van der Waals surface area contributed by atoms with Crippen LogP contribution in [0.2, 0.25) is 0 Å². The number of aliphatic imine (C=N–C) groups is 1. The van der Waals surface area contributed by atoms with Gasteiger partial charge < -0.3 is 0 Å². The molecule has 0 N–H and O–H groups in total. The topological polar surface area (TPSA) is 25.2 Å². The summed E-state index contributed by atoms with van der Waals surface area (Å²) in [5, 5.41) is 0. The minimum absolute atomic E-state index is 0.0463. The third-order valence-corrected chi connectivity index (χ3v) is 1.49. The van der Waals surface area contributed by atoms with Crippen LogP contribution in [0.4, 0.5) is 13.2 Å². The monoisotopic (exact) mass is 188 g/mol. The first kappa shape index (κ1) is 9.70. The average molecular weight is 188 g/mol. The number of hydrogen-bond acceptors (Lipinski definition) is 2. The van der Waals surface area contributed by atoms with Gasteiger partial charge in [0.2, 0.25) is 0 Å². The molecule has 0 radical (unpaired) electrons. The maximum atomic E-state index is 12.3. The van der Waals surface area contributed by atoms with Gasteiger partial charge in [-0.1, -0.05) is 0 Å². The van der Waals surface area contributed by atoms with Crippen molar-refractivity contribution in [1.82, 2.24) is 4.98 Å². The molecule has 0 aliphatic rings. The SMILES string of the molecule is C=NCc1cnccc1C(F)(F)F. The summed E-state index contributed by atoms with van der Waals surface area (Å²) >= 11 is 0. The molecule has 1 rings (SSSR count). The van der Waals surface area contributed by atoms with Gasteiger partial charge in [-0.05, 0) is 12.8 Å². The van der Waals surface area contributed by atoms with Crippen molar-refractivity contribution in [3.8, 4) is 0 Å². The van der Waals surface area contributed by atoms with Crippen LogP contribution in [0, 0.1) is 0 Å². The first-order chi connectivity index (χ1) is 6.05. The molecule has 13 heavy (non-hydrogen) atoms. The van der Waals surface area contributed by atoms with Crippen LogP contribution in [-0.4, -0.2) is 11.7 Å². The fourth-order valence-electron chi connectivity index (χ4n) is 0.950. The number of pyridine rings is 1. The summed E-state index contributed by atoms with van der Waals surface area (Å²) < 4.78 is 36.8. The van der Waals surface area contributed by atoms with Gasteiger partial charge in [0.05, 0.1) is 12.1 Å². The van der Waals surface area contributed by atoms with E-state index in [1.807, 2.05) is 0 Å². The molecule has 0 saturated heterocycles. The van der Waals surface area contributed by atoms with E-state index in [0.29, 0.717) is 0 Å². The zero-order chi connectivity index (χ0) is 9.90. The zero-order valence-corrected chi connectivity index (χ0v) is 6.67. The Labute approximate surface area is 73.1 Å². The molecule has 0 aliphatic carbocycles. The van der Waals surface area contributed by atoms with E-state index < -0.39 is 11.7 Å². The van der Waals surface area contributed by atoms with Gasteiger partial charge in [0.25, 0.3) is 0 Å². The smallest absolute Gasteiger partial charge is 0.296 e. The molecule has 0 fully saturated rings. The van der Waals surface area contributed by atoms with Crippen LogP contribution in [0.3, 0.4) is 0 Å². The van der Waals surface area contributed by atoms with Crippen LogP contribution in [0.5, 0.6) is 0 Å². The highest BCUT2D eigenvalue weighted by Crippen LogP contribution is 2.31. The third-order valence-electron chi connectivity index (χ3n) is 1.49. The minimum Gasteiger partial charge on any atom is -0.296 e. The van der Waals surface area contributed by atoms with E-state index in [9.17, 15) is 13.2 Å². The van der Waals surface area contributed by atoms with E-state index in [-0.39, 0.29) is 12.1 Å². The van der Waals surface area contributed by atoms with Crippen molar-refractivity contribution in [3.63, 3.8) is 0 Å². The number of hydrogen-bond donors (Lipinski definition) is 0. The van der Waals surface area contributed by atoms with Gasteiger partial charge in [0.1, 0.15) is 0 Å². The highest BCUT2D eigenvalue weighted by molar-refractivity contribution is 5.29. The summed E-state index contributed by atoms with van der Waals surface area (Å²) in [6.07, 6.45) is -2.09. The quantitative estimate of drug-likeness (QED) is 0.653. The van der Waals surface area contributed by atoms with E-state index in [1.54, 1.807) is 0 Å². The minimum atomic E-state index is -4.34. The molecule has 0 saturated carbocycles. The van der Waals surface area contributed by atoms with Crippen molar-refractivity contribution < 1.29 is 13.2 Å². The van der Waals surface area contributed by atoms with Crippen molar-refractivity contribution in [2.24, 2.45) is 4.99 Å². The molecule has 1 heterocycles. The second-order valence-electron chi connectivity index (χ2n) is 2.41. The van der Waals surface area contributed by atoms with Crippen LogP contribution >= 0.6 is 0 Å². The molecule has 1 aromatic heterocycles. The highest BCUT2D eigenvalue weighted by atomic mass is 19.4. The lowest BCUT2D eigenvalue weighted by molar-refractivity contribution is -0.138. The molecule has 0 spiro atoms. The Morgan fingerprint density at radius 2 is 2.15 bits per heavy atom. The summed E-state index contributed by atoms with van der Waals surface area (Å²) in [5.41, 5.74) is -0.653. The molecule has 0 unspecified atom stereocenters. The largest absolute Gasteiger partial charge is 0.416 e. The van der Waals surface area contributed by atoms with Crippen molar-refractivity contribution in [2.75, 3.05) is 0 Å². The average Bonchev–Trinajstić information content (AvgIpc) is 2.04. The van der Waals surface area contributed by atoms with E-state index >= 15 is 0 Å². The van der Waals surface area contributed by atoms with Gasteiger partial charge in [-0.25, -0.2) is 0 Å². The zero-order valence-electron chi connectivity index (χ0n) is 6.67. The number of rotatable bonds is 2. The van der Waals surface area contributed by atoms with Gasteiger partial charge in [-0.3, -0.25) is 9.98 Å². The molecule has 5 heteroatoms. The molecule has 0 atom stereocenters. The lowest BCUT2D eigenvalue weighted by atomic mass is 10.1. The molecule has 1 aromatic rings. The van der Waals surface area contributed by atoms with Gasteiger partial charge in [0.15, 0.2) is 0 Å². The lowest BCUT2D eigenvalue weighted by Gasteiger charge is -2.09. The Morgan fingerprint density at radius 1 is 1.46 bits per heavy atom. The summed E-state index contributed by atoms with van der Waals surface area (Å²) in [6.45, 7) is 3.07. The van der Waals surface area contributed by atoms with E-state index in [1.165, 1.54) is 0 Å². The van der Waals surface area contributed by atoms with E-state index in [2.05, 4.69) is 16.7 Å². The maximum Gasteiger partial charge on any atom is 0.416 e. The standard InChI is InChI=1S/C8H7F3N2/c1-12-4-6-5-13-3-2-7(6)8(9,10)11/h2-3,5H,1,4H2. The van der Waals surface area contributed by atoms with Gasteiger partial charge >= 0.3 is 6.18 Å². The van der Waals surface area contributed by atoms with Crippen LogP contribution in [0.25, 0.3) is 0 Å². The summed E-state index contributed by atoms with van der Waals surface area (Å²) in [6, 6.07) is 0.931. The molecule has 0 aliphatic heterocycles. The van der Waals surface area contributed by atoms with Crippen molar-refractivity contribution in [2.45, 2.75) is 12.7 Å². The summed E-state index contributed by atoms with van der Waals surface area (Å²) in [7, 11) is 0. The van der Waals surface area contributed by atoms with Crippen LogP contribution in [0.15, 0.2) is 23.5 Å². The first-order valence-corrected chi connectivity index (χ1v) is 3.48. The van der Waals surface area contributed by atoms with Crippen molar-refractivity contribution in [1.29, 1.82) is 0 Å². The maximum absolute atomic E-state index is 12.3. The molecule has 70 valence electrons. The Kier molecular flexibility index (Phi) is 2.65. The van der Waals surface area contributed by atoms with Crippen LogP contribution in [0.1, 0.15) is 11.1 Å². The first-order valence-electron chi connectivity index (χ1n) is 3.48. The Balaban J connectivity index is 3.11. The molecular formula is C8H7F3N2. The third kappa shape index (κ3) is 2.27. The fraction of sp³-hybridized carbons (Fsp3) is 0.250. The number of nitrogens with zero attached hydrogens (tertiary/aromatic N) is 2. The Morgan fingerprint density at radius 3 is 2.69 bits per heavy atom. The van der Waals surface area contributed by atoms with E-state index in [4.69, 9.17) is 0 Å². The van der Waals surface area contributed by atoms with Gasteiger partial charge in [-0.15, -0.1) is 0 Å². The summed E-state index contributed by atoms with van der Waals surface area (Å²) in [4.78, 5) is 6.98. The van der Waals surface area contributed by atoms with Crippen molar-refractivity contribution >= 4 is 6.72 Å². The molecule has 0 aromatic carbocycles. The summed E-state index contributed by atoms with van der Waals surface area (Å²) in [5.74, 6) is 0. The molecule has 0 amide bonds. The Hall–Kier alpha value is -1.39. The lowest BCUT2D eigenvalue weighted by Crippen LogP contribution is -2.08. The van der Waals surface area contributed by atoms with E-state index in [0.717, 1.165) is 18.5 Å². The molecule has 0 bridgehead atoms. The predicted octanol–water partition coefficient (Wildman–Crippen LogP) is 2.30. The second kappa shape index (κ2) is 3.55. The highest BCUT2D eigenvalue weighted by Gasteiger charge is 2.32. The fourth-order valence-corrected chi connectivity index (χ4v) is 0.950. The van der Waals surface area contributed by atoms with Crippen LogP contribution in [-0.2, 0) is 12.7 Å². The van der Waals surface area contributed by atoms with Crippen molar-refractivity contribution in [3.05, 3.63) is 29.6 Å². The van der Waals surface area contributed by atoms with Gasteiger partial charge in [-0.2, -0.15) is 13.2 Å². The normalized spacial score (nSPS) is 11.3. The Bertz CT molecular complexity index is 307. The predicted molar refractivity (Wildman–Crippen MR) is 42.5 cm³/mol. The number of halogens is 3. The van der Waals surface area contributed by atoms with Crippen LogP contribution < -0.4 is 0 Å². The molecule has 2 nitrogen and oxygen atoms in total. The second-order valence-corrected chi connectivity index (χ2v) is 2.41.